The number of nitrogens with zero attached hydrogens (tertiary/aromatic N) is 1. The van der Waals surface area contributed by atoms with Crippen LogP contribution in [0.1, 0.15) is 44.5 Å². The van der Waals surface area contributed by atoms with Gasteiger partial charge in [-0.25, -0.2) is 8.78 Å². The lowest BCUT2D eigenvalue weighted by molar-refractivity contribution is -0.118. The summed E-state index contributed by atoms with van der Waals surface area (Å²) in [5.41, 5.74) is 8.71. The Morgan fingerprint density at radius 2 is 0.870 bits per heavy atom. The zero-order valence-corrected chi connectivity index (χ0v) is 34.7. The van der Waals surface area contributed by atoms with Gasteiger partial charge in [0.05, 0.1) is 55.5 Å². The maximum atomic E-state index is 14.6. The number of halogens is 4. The third-order valence-electron chi connectivity index (χ3n) is 8.24. The summed E-state index contributed by atoms with van der Waals surface area (Å²) in [5.74, 6) is 0. The summed E-state index contributed by atoms with van der Waals surface area (Å²) in [6.45, 7) is 10.0. The SMILES string of the molecule is CON=C[C@@H](F)[C@H](OCc1ccc(C)cc1)[C@@H](Br)COCc1ccc(C)cc1.Cc1ccc(COC[C@H](Br)[C@@H](OCc2ccc(C)cc2)[C@H](F)C=O)cc1. The van der Waals surface area contributed by atoms with Gasteiger partial charge in [-0.2, -0.15) is 0 Å². The van der Waals surface area contributed by atoms with E-state index in [-0.39, 0.29) is 24.3 Å². The van der Waals surface area contributed by atoms with Gasteiger partial charge in [0, 0.05) is 0 Å². The van der Waals surface area contributed by atoms with Crippen LogP contribution in [0.15, 0.2) is 102 Å². The second-order valence-electron chi connectivity index (χ2n) is 13.0. The summed E-state index contributed by atoms with van der Waals surface area (Å²) >= 11 is 6.92. The number of alkyl halides is 4. The van der Waals surface area contributed by atoms with E-state index >= 15 is 0 Å². The Morgan fingerprint density at radius 1 is 0.556 bits per heavy atom. The second kappa shape index (κ2) is 25.0. The number of oxime groups is 1. The summed E-state index contributed by atoms with van der Waals surface area (Å²) in [6.07, 6.45) is -3.45. The summed E-state index contributed by atoms with van der Waals surface area (Å²) in [4.78, 5) is 14.7. The highest BCUT2D eigenvalue weighted by Gasteiger charge is 2.30. The number of carbonyl (C=O) groups excluding carboxylic acids is 1. The summed E-state index contributed by atoms with van der Waals surface area (Å²) in [7, 11) is 1.38. The fourth-order valence-electron chi connectivity index (χ4n) is 4.96. The van der Waals surface area contributed by atoms with Crippen molar-refractivity contribution in [1.82, 2.24) is 0 Å². The molecule has 0 saturated heterocycles. The van der Waals surface area contributed by atoms with E-state index in [0.29, 0.717) is 26.4 Å². The molecule has 0 aliphatic heterocycles. The molecule has 0 saturated carbocycles. The Balaban J connectivity index is 0.000000291. The largest absolute Gasteiger partial charge is 0.399 e. The third kappa shape index (κ3) is 17.0. The van der Waals surface area contributed by atoms with E-state index in [2.05, 4.69) is 41.9 Å². The first-order valence-electron chi connectivity index (χ1n) is 17.7. The summed E-state index contributed by atoms with van der Waals surface area (Å²) in [5, 5.41) is 3.54. The molecule has 0 spiro atoms. The number of benzene rings is 4. The molecule has 4 rings (SSSR count). The van der Waals surface area contributed by atoms with Crippen LogP contribution in [0.5, 0.6) is 0 Å². The van der Waals surface area contributed by atoms with Crippen LogP contribution in [0.25, 0.3) is 0 Å². The number of aryl methyl sites for hydroxylation is 4. The van der Waals surface area contributed by atoms with Crippen LogP contribution < -0.4 is 0 Å². The second-order valence-corrected chi connectivity index (χ2v) is 15.4. The van der Waals surface area contributed by atoms with Gasteiger partial charge in [-0.1, -0.05) is 156 Å². The van der Waals surface area contributed by atoms with Crippen LogP contribution in [0, 0.1) is 27.7 Å². The van der Waals surface area contributed by atoms with Gasteiger partial charge >= 0.3 is 0 Å². The highest BCUT2D eigenvalue weighted by atomic mass is 79.9. The summed E-state index contributed by atoms with van der Waals surface area (Å²) in [6, 6.07) is 31.9. The zero-order chi connectivity index (χ0) is 39.3. The van der Waals surface area contributed by atoms with Crippen molar-refractivity contribution in [3.63, 3.8) is 0 Å². The average molecular weight is 876 g/mol. The average Bonchev–Trinajstić information content (AvgIpc) is 3.17. The predicted octanol–water partition coefficient (Wildman–Crippen LogP) is 9.85. The first kappa shape index (κ1) is 45.1. The minimum absolute atomic E-state index is 0.235. The molecule has 0 unspecified atom stereocenters. The van der Waals surface area contributed by atoms with Crippen LogP contribution in [-0.4, -0.2) is 67.0 Å². The molecule has 4 aromatic carbocycles. The van der Waals surface area contributed by atoms with Crippen molar-refractivity contribution in [2.24, 2.45) is 5.16 Å². The van der Waals surface area contributed by atoms with Crippen molar-refractivity contribution in [2.75, 3.05) is 20.3 Å². The molecule has 4 aromatic rings. The van der Waals surface area contributed by atoms with E-state index in [1.807, 2.05) is 125 Å². The van der Waals surface area contributed by atoms with Gasteiger partial charge in [0.1, 0.15) is 19.3 Å². The molecule has 6 atom stereocenters. The molecule has 0 aliphatic rings. The Kier molecular flexibility index (Phi) is 20.8. The molecule has 0 amide bonds. The molecule has 0 radical (unpaired) electrons. The maximum absolute atomic E-state index is 14.6. The number of carbonyl (C=O) groups is 1. The lowest BCUT2D eigenvalue weighted by atomic mass is 10.1. The highest BCUT2D eigenvalue weighted by molar-refractivity contribution is 9.09. The number of hydrogen-bond acceptors (Lipinski definition) is 7. The number of hydrogen-bond donors (Lipinski definition) is 0. The standard InChI is InChI=1S/C22H27BrFNO3.C21H24BrFO3/c1-16-4-8-18(9-5-16)13-27-15-20(23)22(21(24)12-25-26-3)28-14-19-10-6-17(2)7-11-19;1-15-3-7-17(8-4-15)12-25-14-19(22)21(20(23)11-24)26-13-18-9-5-16(2)6-10-18/h4-12,20-22H,13-15H2,1-3H3;3-11,19-21H,12-14H2,1-2H3/t20-,21+,22+;19-,20+,21+/m00/s1. The van der Waals surface area contributed by atoms with Gasteiger partial charge < -0.3 is 28.6 Å². The van der Waals surface area contributed by atoms with Crippen LogP contribution in [0.2, 0.25) is 0 Å². The Morgan fingerprint density at radius 3 is 1.19 bits per heavy atom. The highest BCUT2D eigenvalue weighted by Crippen LogP contribution is 2.21. The smallest absolute Gasteiger partial charge is 0.182 e. The first-order chi connectivity index (χ1) is 26.0. The van der Waals surface area contributed by atoms with Crippen molar-refractivity contribution < 1.29 is 37.4 Å². The van der Waals surface area contributed by atoms with Gasteiger partial charge in [-0.3, -0.25) is 0 Å². The molecule has 0 fully saturated rings. The number of rotatable bonds is 21. The number of aldehydes is 1. The van der Waals surface area contributed by atoms with Gasteiger partial charge in [0.25, 0.3) is 0 Å². The Bertz CT molecular complexity index is 1640. The van der Waals surface area contributed by atoms with Crippen molar-refractivity contribution in [3.8, 4) is 0 Å². The minimum Gasteiger partial charge on any atom is -0.399 e. The van der Waals surface area contributed by atoms with E-state index in [1.54, 1.807) is 0 Å². The monoisotopic (exact) mass is 873 g/mol. The fourth-order valence-corrected chi connectivity index (χ4v) is 6.23. The van der Waals surface area contributed by atoms with E-state index in [0.717, 1.165) is 34.0 Å². The number of ether oxygens (including phenoxy) is 4. The molecule has 54 heavy (non-hydrogen) atoms. The minimum atomic E-state index is -1.72. The molecule has 0 aliphatic carbocycles. The van der Waals surface area contributed by atoms with Crippen LogP contribution >= 0.6 is 31.9 Å². The maximum Gasteiger partial charge on any atom is 0.182 e. The van der Waals surface area contributed by atoms with Gasteiger partial charge in [0.2, 0.25) is 0 Å². The fraction of sp³-hybridized carbons (Fsp3) is 0.395. The molecule has 11 heteroatoms. The van der Waals surface area contributed by atoms with Crippen LogP contribution in [0.3, 0.4) is 0 Å². The first-order valence-corrected chi connectivity index (χ1v) is 19.5. The normalized spacial score (nSPS) is 14.7. The lowest BCUT2D eigenvalue weighted by Crippen LogP contribution is -2.37. The Labute approximate surface area is 335 Å². The van der Waals surface area contributed by atoms with Crippen molar-refractivity contribution in [1.29, 1.82) is 0 Å². The van der Waals surface area contributed by atoms with E-state index in [9.17, 15) is 13.6 Å². The van der Waals surface area contributed by atoms with E-state index in [4.69, 9.17) is 18.9 Å². The quantitative estimate of drug-likeness (QED) is 0.0360. The van der Waals surface area contributed by atoms with Crippen LogP contribution in [-0.2, 0) is 55.0 Å². The Hall–Kier alpha value is -3.32. The molecule has 0 bridgehead atoms. The van der Waals surface area contributed by atoms with Gasteiger partial charge in [-0.15, -0.1) is 0 Å². The van der Waals surface area contributed by atoms with Gasteiger partial charge in [0.15, 0.2) is 18.6 Å². The topological polar surface area (TPSA) is 75.6 Å². The van der Waals surface area contributed by atoms with Crippen molar-refractivity contribution in [2.45, 2.75) is 88.3 Å². The molecule has 7 nitrogen and oxygen atoms in total. The molecule has 0 heterocycles. The van der Waals surface area contributed by atoms with E-state index in [1.165, 1.54) is 23.8 Å². The zero-order valence-electron chi connectivity index (χ0n) is 31.5. The molecule has 292 valence electrons. The molecular formula is C43H51Br2F2NO6. The third-order valence-corrected chi connectivity index (χ3v) is 9.81. The van der Waals surface area contributed by atoms with Gasteiger partial charge in [-0.05, 0) is 49.9 Å². The van der Waals surface area contributed by atoms with Crippen molar-refractivity contribution >= 4 is 44.4 Å². The predicted molar refractivity (Wildman–Crippen MR) is 218 cm³/mol. The lowest BCUT2D eigenvalue weighted by Gasteiger charge is -2.24. The van der Waals surface area contributed by atoms with Crippen molar-refractivity contribution in [3.05, 3.63) is 142 Å². The molecule has 0 N–H and O–H groups in total. The molecule has 0 aromatic heterocycles. The summed E-state index contributed by atoms with van der Waals surface area (Å²) < 4.78 is 51.6. The van der Waals surface area contributed by atoms with E-state index < -0.39 is 29.4 Å². The molecular weight excluding hydrogens is 824 g/mol. The van der Waals surface area contributed by atoms with Crippen LogP contribution in [0.4, 0.5) is 8.78 Å².